The molecule has 1 amide bonds. The number of H-pyrrole nitrogens is 1. The molecule has 8 nitrogen and oxygen atoms in total. The van der Waals surface area contributed by atoms with Crippen LogP contribution in [-0.4, -0.2) is 47.0 Å². The molecule has 1 unspecified atom stereocenters. The minimum absolute atomic E-state index is 0.0181. The highest BCUT2D eigenvalue weighted by Gasteiger charge is 2.48. The van der Waals surface area contributed by atoms with E-state index in [1.54, 1.807) is 6.07 Å². The fourth-order valence-electron chi connectivity index (χ4n) is 5.38. The van der Waals surface area contributed by atoms with Crippen molar-refractivity contribution in [1.29, 1.82) is 0 Å². The molecule has 4 aromatic rings. The normalized spacial score (nSPS) is 16.9. The zero-order valence-electron chi connectivity index (χ0n) is 24.4. The number of aliphatic hydroxyl groups excluding tert-OH is 1. The number of methoxy groups -OCH3 is 1. The molecular formula is C33H36N4O4. The number of ketones is 1. The molecule has 2 heterocycles. The molecule has 1 atom stereocenters. The van der Waals surface area contributed by atoms with E-state index in [-0.39, 0.29) is 22.7 Å². The summed E-state index contributed by atoms with van der Waals surface area (Å²) in [6.45, 7) is 12.1. The Morgan fingerprint density at radius 2 is 1.71 bits per heavy atom. The lowest BCUT2D eigenvalue weighted by atomic mass is 9.85. The molecule has 8 heteroatoms. The van der Waals surface area contributed by atoms with Crippen molar-refractivity contribution in [2.24, 2.45) is 0 Å². The van der Waals surface area contributed by atoms with Crippen LogP contribution in [0.3, 0.4) is 0 Å². The molecule has 0 saturated carbocycles. The second-order valence-corrected chi connectivity index (χ2v) is 11.2. The molecule has 1 aromatic heterocycles. The van der Waals surface area contributed by atoms with Crippen molar-refractivity contribution in [3.8, 4) is 5.75 Å². The van der Waals surface area contributed by atoms with Crippen LogP contribution in [0, 0.1) is 0 Å². The Morgan fingerprint density at radius 3 is 2.32 bits per heavy atom. The van der Waals surface area contributed by atoms with Gasteiger partial charge in [0, 0.05) is 18.8 Å². The quantitative estimate of drug-likeness (QED) is 0.158. The van der Waals surface area contributed by atoms with Gasteiger partial charge in [-0.05, 0) is 66.8 Å². The van der Waals surface area contributed by atoms with E-state index in [4.69, 9.17) is 4.74 Å². The Morgan fingerprint density at radius 1 is 1.02 bits per heavy atom. The molecule has 0 radical (unpaired) electrons. The van der Waals surface area contributed by atoms with E-state index in [0.29, 0.717) is 22.4 Å². The number of hydrogen-bond acceptors (Lipinski definition) is 6. The highest BCUT2D eigenvalue weighted by atomic mass is 16.5. The smallest absolute Gasteiger partial charge is 0.302 e. The van der Waals surface area contributed by atoms with Gasteiger partial charge in [0.1, 0.15) is 11.5 Å². The van der Waals surface area contributed by atoms with Crippen molar-refractivity contribution in [3.05, 3.63) is 89.0 Å². The number of carbonyl (C=O) groups is 2. The van der Waals surface area contributed by atoms with Gasteiger partial charge in [0.2, 0.25) is 5.95 Å². The van der Waals surface area contributed by atoms with Crippen molar-refractivity contribution in [2.45, 2.75) is 46.1 Å². The second kappa shape index (κ2) is 10.8. The van der Waals surface area contributed by atoms with Crippen LogP contribution in [0.4, 0.5) is 11.6 Å². The van der Waals surface area contributed by atoms with Gasteiger partial charge in [0.15, 0.2) is 0 Å². The number of aliphatic hydroxyl groups is 1. The van der Waals surface area contributed by atoms with E-state index in [9.17, 15) is 14.7 Å². The minimum atomic E-state index is -0.913. The largest absolute Gasteiger partial charge is 0.507 e. The summed E-state index contributed by atoms with van der Waals surface area (Å²) < 4.78 is 5.59. The highest BCUT2D eigenvalue weighted by molar-refractivity contribution is 6.51. The Balaban J connectivity index is 1.74. The third-order valence-electron chi connectivity index (χ3n) is 7.71. The number of amides is 1. The summed E-state index contributed by atoms with van der Waals surface area (Å²) in [7, 11) is 1.51. The maximum absolute atomic E-state index is 13.8. The van der Waals surface area contributed by atoms with Gasteiger partial charge in [-0.3, -0.25) is 14.5 Å². The number of imidazole rings is 1. The summed E-state index contributed by atoms with van der Waals surface area (Å²) in [5.41, 5.74) is 4.17. The lowest BCUT2D eigenvalue weighted by molar-refractivity contribution is -0.132. The molecule has 1 aliphatic rings. The van der Waals surface area contributed by atoms with E-state index in [1.165, 1.54) is 12.0 Å². The maximum atomic E-state index is 13.8. The fourth-order valence-corrected chi connectivity index (χ4v) is 5.38. The number of hydrogen-bond donors (Lipinski definition) is 2. The average Bonchev–Trinajstić information content (AvgIpc) is 3.51. The average molecular weight is 553 g/mol. The lowest BCUT2D eigenvalue weighted by Crippen LogP contribution is -2.30. The van der Waals surface area contributed by atoms with Crippen molar-refractivity contribution in [2.75, 3.05) is 30.0 Å². The number of nitrogens with one attached hydrogen (secondary N) is 1. The summed E-state index contributed by atoms with van der Waals surface area (Å²) >= 11 is 0. The van der Waals surface area contributed by atoms with Crippen molar-refractivity contribution < 1.29 is 19.4 Å². The summed E-state index contributed by atoms with van der Waals surface area (Å²) in [6, 6.07) is 19.8. The topological polar surface area (TPSA) is 98.8 Å². The number of benzene rings is 3. The SMILES string of the molecule is CCN(CC)c1ccc(C2/C(=C(\O)c3cc(C(C)(C)C)ccc3OC)C(=O)C(=O)N2c2nc3ccccc3[nH]2)cc1. The van der Waals surface area contributed by atoms with Gasteiger partial charge in [-0.2, -0.15) is 0 Å². The number of aromatic amines is 1. The molecule has 212 valence electrons. The summed E-state index contributed by atoms with van der Waals surface area (Å²) in [5, 5.41) is 11.8. The first kappa shape index (κ1) is 28.0. The van der Waals surface area contributed by atoms with Gasteiger partial charge in [-0.15, -0.1) is 0 Å². The van der Waals surface area contributed by atoms with Crippen LogP contribution >= 0.6 is 0 Å². The molecular weight excluding hydrogens is 516 g/mol. The number of carbonyl (C=O) groups excluding carboxylic acids is 2. The summed E-state index contributed by atoms with van der Waals surface area (Å²) in [6.07, 6.45) is 0. The molecule has 0 aliphatic carbocycles. The van der Waals surface area contributed by atoms with Gasteiger partial charge >= 0.3 is 5.91 Å². The summed E-state index contributed by atoms with van der Waals surface area (Å²) in [5.74, 6) is -1.21. The van der Waals surface area contributed by atoms with E-state index >= 15 is 0 Å². The first-order valence-corrected chi connectivity index (χ1v) is 13.9. The van der Waals surface area contributed by atoms with E-state index in [2.05, 4.69) is 49.5 Å². The number of rotatable bonds is 7. The van der Waals surface area contributed by atoms with Gasteiger partial charge < -0.3 is 19.7 Å². The van der Waals surface area contributed by atoms with Crippen molar-refractivity contribution >= 4 is 40.1 Å². The van der Waals surface area contributed by atoms with Crippen molar-refractivity contribution in [3.63, 3.8) is 0 Å². The number of anilines is 2. The Hall–Kier alpha value is -4.59. The molecule has 3 aromatic carbocycles. The van der Waals surface area contributed by atoms with Gasteiger partial charge in [-0.1, -0.05) is 51.1 Å². The number of ether oxygens (including phenoxy) is 1. The minimum Gasteiger partial charge on any atom is -0.507 e. The number of fused-ring (bicyclic) bond motifs is 1. The molecule has 0 bridgehead atoms. The lowest BCUT2D eigenvalue weighted by Gasteiger charge is -2.25. The molecule has 5 rings (SSSR count). The highest BCUT2D eigenvalue weighted by Crippen LogP contribution is 2.44. The summed E-state index contributed by atoms with van der Waals surface area (Å²) in [4.78, 5) is 38.8. The Kier molecular flexibility index (Phi) is 7.34. The molecule has 2 N–H and O–H groups in total. The van der Waals surface area contributed by atoms with Crippen LogP contribution in [0.25, 0.3) is 16.8 Å². The third-order valence-corrected chi connectivity index (χ3v) is 7.71. The first-order valence-electron chi connectivity index (χ1n) is 13.9. The van der Waals surface area contributed by atoms with Gasteiger partial charge in [0.05, 0.1) is 35.3 Å². The van der Waals surface area contributed by atoms with E-state index in [1.807, 2.05) is 60.7 Å². The van der Waals surface area contributed by atoms with Crippen LogP contribution in [-0.2, 0) is 15.0 Å². The van der Waals surface area contributed by atoms with Crippen LogP contribution in [0.1, 0.15) is 57.4 Å². The van der Waals surface area contributed by atoms with Gasteiger partial charge in [0.25, 0.3) is 5.78 Å². The number of para-hydroxylation sites is 2. The Bertz CT molecular complexity index is 1610. The second-order valence-electron chi connectivity index (χ2n) is 11.2. The van der Waals surface area contributed by atoms with Crippen LogP contribution in [0.2, 0.25) is 0 Å². The zero-order valence-corrected chi connectivity index (χ0v) is 24.4. The number of Topliss-reactive ketones (excluding diaryl/α,β-unsaturated/α-hetero) is 1. The monoisotopic (exact) mass is 552 g/mol. The number of aromatic nitrogens is 2. The van der Waals surface area contributed by atoms with E-state index < -0.39 is 17.7 Å². The zero-order chi connectivity index (χ0) is 29.5. The predicted molar refractivity (Wildman–Crippen MR) is 163 cm³/mol. The standard InChI is InChI=1S/C33H36N4O4/c1-7-36(8-2)22-16-13-20(14-17-22)28-27(29(38)23-19-21(33(3,4)5)15-18-26(23)41-6)30(39)31(40)37(28)32-34-24-11-9-10-12-25(24)35-32/h9-19,28,38H,7-8H2,1-6H3,(H,34,35)/b29-27+. The van der Waals surface area contributed by atoms with Crippen LogP contribution < -0.4 is 14.5 Å². The fraction of sp³-hybridized carbons (Fsp3) is 0.303. The van der Waals surface area contributed by atoms with Crippen molar-refractivity contribution in [1.82, 2.24) is 9.97 Å². The Labute approximate surface area is 240 Å². The molecule has 1 fully saturated rings. The van der Waals surface area contributed by atoms with Crippen LogP contribution in [0.15, 0.2) is 72.3 Å². The maximum Gasteiger partial charge on any atom is 0.302 e. The third kappa shape index (κ3) is 4.94. The first-order chi connectivity index (χ1) is 19.6. The van der Waals surface area contributed by atoms with Gasteiger partial charge in [-0.25, -0.2) is 4.98 Å². The number of nitrogens with zero attached hydrogens (tertiary/aromatic N) is 3. The molecule has 0 spiro atoms. The molecule has 41 heavy (non-hydrogen) atoms. The van der Waals surface area contributed by atoms with E-state index in [0.717, 1.165) is 29.9 Å². The molecule has 1 aliphatic heterocycles. The molecule has 1 saturated heterocycles. The van der Waals surface area contributed by atoms with Crippen LogP contribution in [0.5, 0.6) is 5.75 Å². The predicted octanol–water partition coefficient (Wildman–Crippen LogP) is 6.34.